The Hall–Kier alpha value is -2.68. The molecule has 5 nitrogen and oxygen atoms in total. The summed E-state index contributed by atoms with van der Waals surface area (Å²) in [6, 6.07) is 6.46. The first-order valence-electron chi connectivity index (χ1n) is 8.73. The first-order chi connectivity index (χ1) is 13.3. The second-order valence-electron chi connectivity index (χ2n) is 6.80. The molecule has 1 aromatic heterocycles. The van der Waals surface area contributed by atoms with Gasteiger partial charge in [-0.05, 0) is 42.7 Å². The third kappa shape index (κ3) is 3.66. The fraction of sp³-hybridized carbons (Fsp3) is 0.368. The van der Waals surface area contributed by atoms with Gasteiger partial charge in [-0.25, -0.2) is 4.39 Å². The summed E-state index contributed by atoms with van der Waals surface area (Å²) < 4.78 is 60.1. The summed E-state index contributed by atoms with van der Waals surface area (Å²) in [6.07, 6.45) is -0.445. The van der Waals surface area contributed by atoms with Gasteiger partial charge in [-0.15, -0.1) is 13.2 Å². The maximum atomic E-state index is 13.9. The van der Waals surface area contributed by atoms with Crippen molar-refractivity contribution in [1.29, 1.82) is 0 Å². The van der Waals surface area contributed by atoms with Crippen molar-refractivity contribution >= 4 is 11.6 Å². The maximum Gasteiger partial charge on any atom is 0.573 e. The minimum absolute atomic E-state index is 0.0493. The minimum Gasteiger partial charge on any atom is -0.403 e. The lowest BCUT2D eigenvalue weighted by Crippen LogP contribution is -2.36. The molecule has 0 aliphatic carbocycles. The van der Waals surface area contributed by atoms with Gasteiger partial charge in [0.25, 0.3) is 0 Å². The largest absolute Gasteiger partial charge is 0.573 e. The fourth-order valence-electron chi connectivity index (χ4n) is 4.03. The van der Waals surface area contributed by atoms with Gasteiger partial charge in [0.05, 0.1) is 18.1 Å². The third-order valence-electron chi connectivity index (χ3n) is 5.09. The van der Waals surface area contributed by atoms with E-state index in [4.69, 9.17) is 4.74 Å². The Morgan fingerprint density at radius 2 is 1.86 bits per heavy atom. The molecule has 2 fully saturated rings. The number of hydrogen-bond donors (Lipinski definition) is 1. The van der Waals surface area contributed by atoms with Crippen LogP contribution in [0.5, 0.6) is 5.75 Å². The van der Waals surface area contributed by atoms with Gasteiger partial charge in [0, 0.05) is 30.1 Å². The molecule has 0 spiro atoms. The molecule has 2 saturated heterocycles. The standard InChI is InChI=1S/C19H16F4N2O3/c20-12-9-11(1-2-13(12)28-19(21,22)23)25-18(26)17-15-4-3-14(27-15)16(17)10-5-7-24-8-6-10/h1-2,5-9,14-17H,3-4H2,(H,25,26)/t14-,15-,16+,17+/m0/s1. The van der Waals surface area contributed by atoms with Gasteiger partial charge in [0.15, 0.2) is 11.6 Å². The van der Waals surface area contributed by atoms with Crippen molar-refractivity contribution in [2.45, 2.75) is 37.3 Å². The van der Waals surface area contributed by atoms with E-state index >= 15 is 0 Å². The SMILES string of the molecule is O=C(Nc1ccc(OC(F)(F)F)c(F)c1)[C@H]1[C@H](c2ccncc2)[C@@H]2CC[C@@H]1O2. The highest BCUT2D eigenvalue weighted by atomic mass is 19.4. The van der Waals surface area contributed by atoms with Crippen molar-refractivity contribution in [3.05, 3.63) is 54.1 Å². The summed E-state index contributed by atoms with van der Waals surface area (Å²) in [5.74, 6) is -3.17. The molecule has 3 heterocycles. The second kappa shape index (κ2) is 7.05. The van der Waals surface area contributed by atoms with Gasteiger partial charge < -0.3 is 14.8 Å². The summed E-state index contributed by atoms with van der Waals surface area (Å²) in [5.41, 5.74) is 0.982. The Morgan fingerprint density at radius 1 is 1.14 bits per heavy atom. The molecule has 0 saturated carbocycles. The molecule has 148 valence electrons. The zero-order valence-corrected chi connectivity index (χ0v) is 14.4. The number of pyridine rings is 1. The van der Waals surface area contributed by atoms with Gasteiger partial charge in [-0.3, -0.25) is 9.78 Å². The fourth-order valence-corrected chi connectivity index (χ4v) is 4.03. The van der Waals surface area contributed by atoms with E-state index in [1.54, 1.807) is 12.4 Å². The highest BCUT2D eigenvalue weighted by molar-refractivity contribution is 5.94. The Labute approximate surface area is 157 Å². The minimum atomic E-state index is -5.00. The number of amides is 1. The maximum absolute atomic E-state index is 13.9. The third-order valence-corrected chi connectivity index (χ3v) is 5.09. The lowest BCUT2D eigenvalue weighted by atomic mass is 9.75. The molecule has 1 N–H and O–H groups in total. The number of nitrogens with zero attached hydrogens (tertiary/aromatic N) is 1. The molecule has 4 rings (SSSR count). The monoisotopic (exact) mass is 396 g/mol. The van der Waals surface area contributed by atoms with Crippen molar-refractivity contribution < 1.29 is 31.8 Å². The predicted molar refractivity (Wildman–Crippen MR) is 90.1 cm³/mol. The molecule has 0 unspecified atom stereocenters. The van der Waals surface area contributed by atoms with E-state index in [2.05, 4.69) is 15.0 Å². The Kier molecular flexibility index (Phi) is 4.70. The quantitative estimate of drug-likeness (QED) is 0.794. The van der Waals surface area contributed by atoms with E-state index in [0.717, 1.165) is 36.6 Å². The Balaban J connectivity index is 1.52. The summed E-state index contributed by atoms with van der Waals surface area (Å²) >= 11 is 0. The number of halogens is 4. The lowest BCUT2D eigenvalue weighted by Gasteiger charge is -2.27. The molecule has 1 amide bonds. The second-order valence-corrected chi connectivity index (χ2v) is 6.80. The van der Waals surface area contributed by atoms with Crippen LogP contribution in [0.25, 0.3) is 0 Å². The van der Waals surface area contributed by atoms with Crippen LogP contribution >= 0.6 is 0 Å². The zero-order chi connectivity index (χ0) is 19.9. The lowest BCUT2D eigenvalue weighted by molar-refractivity contribution is -0.275. The average Bonchev–Trinajstić information content (AvgIpc) is 3.25. The van der Waals surface area contributed by atoms with Crippen LogP contribution in [0.3, 0.4) is 0 Å². The van der Waals surface area contributed by atoms with Crippen molar-refractivity contribution in [1.82, 2.24) is 4.98 Å². The number of ether oxygens (including phenoxy) is 2. The molecule has 28 heavy (non-hydrogen) atoms. The van der Waals surface area contributed by atoms with E-state index in [0.29, 0.717) is 0 Å². The first kappa shape index (κ1) is 18.7. The molecule has 2 aliphatic heterocycles. The number of benzene rings is 1. The zero-order valence-electron chi connectivity index (χ0n) is 14.4. The highest BCUT2D eigenvalue weighted by Crippen LogP contribution is 2.49. The van der Waals surface area contributed by atoms with E-state index in [-0.39, 0.29) is 29.7 Å². The Morgan fingerprint density at radius 3 is 2.54 bits per heavy atom. The van der Waals surface area contributed by atoms with Gasteiger partial charge in [-0.1, -0.05) is 0 Å². The van der Waals surface area contributed by atoms with Gasteiger partial charge >= 0.3 is 6.36 Å². The van der Waals surface area contributed by atoms with Crippen LogP contribution in [0.2, 0.25) is 0 Å². The molecular weight excluding hydrogens is 380 g/mol. The Bertz CT molecular complexity index is 875. The molecule has 2 bridgehead atoms. The normalized spacial score (nSPS) is 26.3. The van der Waals surface area contributed by atoms with Crippen LogP contribution < -0.4 is 10.1 Å². The molecule has 2 aliphatic rings. The van der Waals surface area contributed by atoms with Crippen LogP contribution in [0.1, 0.15) is 24.3 Å². The number of anilines is 1. The number of carbonyl (C=O) groups excluding carboxylic acids is 1. The van der Waals surface area contributed by atoms with Crippen molar-refractivity contribution in [2.75, 3.05) is 5.32 Å². The smallest absolute Gasteiger partial charge is 0.403 e. The van der Waals surface area contributed by atoms with E-state index in [1.807, 2.05) is 12.1 Å². The predicted octanol–water partition coefficient (Wildman–Crippen LogP) is 4.02. The van der Waals surface area contributed by atoms with E-state index in [1.165, 1.54) is 0 Å². The van der Waals surface area contributed by atoms with Gasteiger partial charge in [0.2, 0.25) is 5.91 Å². The number of aromatic nitrogens is 1. The van der Waals surface area contributed by atoms with Crippen molar-refractivity contribution in [3.8, 4) is 5.75 Å². The average molecular weight is 396 g/mol. The van der Waals surface area contributed by atoms with Crippen LogP contribution in [-0.4, -0.2) is 29.5 Å². The molecule has 1 aromatic carbocycles. The molecule has 9 heteroatoms. The number of rotatable bonds is 4. The number of alkyl halides is 3. The summed E-state index contributed by atoms with van der Waals surface area (Å²) in [5, 5.41) is 2.59. The van der Waals surface area contributed by atoms with Crippen LogP contribution in [0.4, 0.5) is 23.2 Å². The molecule has 4 atom stereocenters. The molecular formula is C19H16F4N2O3. The van der Waals surface area contributed by atoms with Crippen LogP contribution in [0, 0.1) is 11.7 Å². The van der Waals surface area contributed by atoms with Crippen molar-refractivity contribution in [2.24, 2.45) is 5.92 Å². The van der Waals surface area contributed by atoms with Crippen LogP contribution in [-0.2, 0) is 9.53 Å². The van der Waals surface area contributed by atoms with E-state index in [9.17, 15) is 22.4 Å². The highest BCUT2D eigenvalue weighted by Gasteiger charge is 2.52. The van der Waals surface area contributed by atoms with Gasteiger partial charge in [-0.2, -0.15) is 0 Å². The van der Waals surface area contributed by atoms with Crippen LogP contribution in [0.15, 0.2) is 42.7 Å². The number of carbonyl (C=O) groups is 1. The first-order valence-corrected chi connectivity index (χ1v) is 8.73. The number of fused-ring (bicyclic) bond motifs is 2. The molecule has 2 aromatic rings. The van der Waals surface area contributed by atoms with Gasteiger partial charge in [0.1, 0.15) is 0 Å². The molecule has 0 radical (unpaired) electrons. The summed E-state index contributed by atoms with van der Waals surface area (Å²) in [6.45, 7) is 0. The van der Waals surface area contributed by atoms with Crippen molar-refractivity contribution in [3.63, 3.8) is 0 Å². The number of hydrogen-bond acceptors (Lipinski definition) is 4. The summed E-state index contributed by atoms with van der Waals surface area (Å²) in [4.78, 5) is 16.9. The number of nitrogens with one attached hydrogen (secondary N) is 1. The summed E-state index contributed by atoms with van der Waals surface area (Å²) in [7, 11) is 0. The van der Waals surface area contributed by atoms with E-state index < -0.39 is 23.8 Å². The topological polar surface area (TPSA) is 60.5 Å².